The van der Waals surface area contributed by atoms with Crippen LogP contribution < -0.4 is 14.8 Å². The molecular weight excluding hydrogens is 320 g/mol. The molecule has 1 aromatic carbocycles. The van der Waals surface area contributed by atoms with Gasteiger partial charge in [0.1, 0.15) is 11.5 Å². The van der Waals surface area contributed by atoms with E-state index in [0.717, 1.165) is 25.4 Å². The zero-order chi connectivity index (χ0) is 15.4. The van der Waals surface area contributed by atoms with Crippen LogP contribution >= 0.6 is 12.4 Å². The van der Waals surface area contributed by atoms with Gasteiger partial charge < -0.3 is 19.3 Å². The second-order valence-corrected chi connectivity index (χ2v) is 5.21. The number of ether oxygens (including phenoxy) is 2. The molecule has 126 valence electrons. The SMILES string of the molecule is COc1cccc(OCc2nc(C3CNCCN3C)no2)c1.Cl. The minimum Gasteiger partial charge on any atom is -0.497 e. The van der Waals surface area contributed by atoms with E-state index in [-0.39, 0.29) is 25.1 Å². The summed E-state index contributed by atoms with van der Waals surface area (Å²) in [6.07, 6.45) is 0. The first-order valence-electron chi connectivity index (χ1n) is 7.26. The number of piperazine rings is 1. The number of hydrogen-bond donors (Lipinski definition) is 1. The Morgan fingerprint density at radius 3 is 3.00 bits per heavy atom. The van der Waals surface area contributed by atoms with E-state index < -0.39 is 0 Å². The first kappa shape index (κ1) is 17.5. The highest BCUT2D eigenvalue weighted by Gasteiger charge is 2.25. The van der Waals surface area contributed by atoms with Gasteiger partial charge in [0.15, 0.2) is 12.4 Å². The second kappa shape index (κ2) is 8.14. The maximum absolute atomic E-state index is 5.66. The summed E-state index contributed by atoms with van der Waals surface area (Å²) >= 11 is 0. The number of halogens is 1. The summed E-state index contributed by atoms with van der Waals surface area (Å²) in [7, 11) is 3.69. The summed E-state index contributed by atoms with van der Waals surface area (Å²) in [6.45, 7) is 3.02. The van der Waals surface area contributed by atoms with E-state index in [1.807, 2.05) is 24.3 Å². The van der Waals surface area contributed by atoms with Crippen LogP contribution in [0.3, 0.4) is 0 Å². The molecular formula is C15H21ClN4O3. The number of aromatic nitrogens is 2. The van der Waals surface area contributed by atoms with E-state index in [1.54, 1.807) is 7.11 Å². The summed E-state index contributed by atoms with van der Waals surface area (Å²) in [6, 6.07) is 7.55. The van der Waals surface area contributed by atoms with Crippen molar-refractivity contribution in [1.82, 2.24) is 20.4 Å². The van der Waals surface area contributed by atoms with Gasteiger partial charge in [-0.2, -0.15) is 4.98 Å². The number of nitrogens with zero attached hydrogens (tertiary/aromatic N) is 3. The van der Waals surface area contributed by atoms with Crippen LogP contribution in [-0.4, -0.2) is 48.8 Å². The predicted octanol–water partition coefficient (Wildman–Crippen LogP) is 1.66. The molecule has 8 heteroatoms. The summed E-state index contributed by atoms with van der Waals surface area (Å²) in [5, 5.41) is 7.40. The normalized spacial score (nSPS) is 18.3. The molecule has 1 saturated heterocycles. The zero-order valence-electron chi connectivity index (χ0n) is 13.2. The van der Waals surface area contributed by atoms with Gasteiger partial charge in [-0.05, 0) is 19.2 Å². The topological polar surface area (TPSA) is 72.7 Å². The lowest BCUT2D eigenvalue weighted by Gasteiger charge is -2.30. The maximum Gasteiger partial charge on any atom is 0.264 e. The molecule has 23 heavy (non-hydrogen) atoms. The lowest BCUT2D eigenvalue weighted by molar-refractivity contribution is 0.189. The minimum absolute atomic E-state index is 0. The number of benzene rings is 1. The Labute approximate surface area is 141 Å². The standard InChI is InChI=1S/C15H20N4O3.ClH/c1-19-7-6-16-9-13(19)15-17-14(22-18-15)10-21-12-5-3-4-11(8-12)20-2;/h3-5,8,13,16H,6-7,9-10H2,1-2H3;1H. The molecule has 0 amide bonds. The van der Waals surface area contributed by atoms with Crippen molar-refractivity contribution in [2.75, 3.05) is 33.8 Å². The van der Waals surface area contributed by atoms with Crippen LogP contribution in [-0.2, 0) is 6.61 Å². The van der Waals surface area contributed by atoms with Crippen molar-refractivity contribution in [3.8, 4) is 11.5 Å². The van der Waals surface area contributed by atoms with Gasteiger partial charge in [-0.25, -0.2) is 0 Å². The Morgan fingerprint density at radius 1 is 1.39 bits per heavy atom. The third-order valence-corrected chi connectivity index (χ3v) is 3.70. The molecule has 7 nitrogen and oxygen atoms in total. The predicted molar refractivity (Wildman–Crippen MR) is 87.1 cm³/mol. The van der Waals surface area contributed by atoms with Crippen LogP contribution in [0.15, 0.2) is 28.8 Å². The molecule has 2 heterocycles. The molecule has 0 radical (unpaired) electrons. The Bertz CT molecular complexity index is 622. The molecule has 1 N–H and O–H groups in total. The lowest BCUT2D eigenvalue weighted by Crippen LogP contribution is -2.44. The Morgan fingerprint density at radius 2 is 2.22 bits per heavy atom. The number of nitrogens with one attached hydrogen (secondary N) is 1. The van der Waals surface area contributed by atoms with Crippen molar-refractivity contribution < 1.29 is 14.0 Å². The van der Waals surface area contributed by atoms with Crippen LogP contribution in [0.4, 0.5) is 0 Å². The van der Waals surface area contributed by atoms with E-state index in [0.29, 0.717) is 17.5 Å². The van der Waals surface area contributed by atoms with E-state index in [1.165, 1.54) is 0 Å². The van der Waals surface area contributed by atoms with Crippen molar-refractivity contribution in [1.29, 1.82) is 0 Å². The summed E-state index contributed by atoms with van der Waals surface area (Å²) in [4.78, 5) is 6.64. The number of rotatable bonds is 5. The lowest BCUT2D eigenvalue weighted by atomic mass is 10.2. The van der Waals surface area contributed by atoms with Crippen molar-refractivity contribution in [3.05, 3.63) is 36.0 Å². The Balaban J connectivity index is 0.00000192. The van der Waals surface area contributed by atoms with Gasteiger partial charge in [-0.15, -0.1) is 12.4 Å². The first-order valence-corrected chi connectivity index (χ1v) is 7.26. The average Bonchev–Trinajstić information content (AvgIpc) is 3.02. The third kappa shape index (κ3) is 4.34. The quantitative estimate of drug-likeness (QED) is 0.887. The van der Waals surface area contributed by atoms with Crippen LogP contribution in [0.2, 0.25) is 0 Å². The largest absolute Gasteiger partial charge is 0.497 e. The second-order valence-electron chi connectivity index (χ2n) is 5.21. The summed E-state index contributed by atoms with van der Waals surface area (Å²) < 4.78 is 16.1. The molecule has 0 saturated carbocycles. The van der Waals surface area contributed by atoms with Crippen molar-refractivity contribution >= 4 is 12.4 Å². The van der Waals surface area contributed by atoms with Crippen LogP contribution in [0.5, 0.6) is 11.5 Å². The van der Waals surface area contributed by atoms with E-state index in [9.17, 15) is 0 Å². The number of likely N-dealkylation sites (N-methyl/N-ethyl adjacent to an activating group) is 1. The highest BCUT2D eigenvalue weighted by molar-refractivity contribution is 5.85. The molecule has 1 aromatic heterocycles. The van der Waals surface area contributed by atoms with Crippen LogP contribution in [0, 0.1) is 0 Å². The van der Waals surface area contributed by atoms with Gasteiger partial charge in [0.05, 0.1) is 13.2 Å². The summed E-state index contributed by atoms with van der Waals surface area (Å²) in [5.74, 6) is 2.62. The summed E-state index contributed by atoms with van der Waals surface area (Å²) in [5.41, 5.74) is 0. The number of hydrogen-bond acceptors (Lipinski definition) is 7. The van der Waals surface area contributed by atoms with Crippen LogP contribution in [0.1, 0.15) is 17.8 Å². The first-order chi connectivity index (χ1) is 10.8. The van der Waals surface area contributed by atoms with Crippen molar-refractivity contribution in [3.63, 3.8) is 0 Å². The monoisotopic (exact) mass is 340 g/mol. The molecule has 0 aliphatic carbocycles. The Hall–Kier alpha value is -1.83. The molecule has 0 bridgehead atoms. The maximum atomic E-state index is 5.66. The van der Waals surface area contributed by atoms with Crippen molar-refractivity contribution in [2.24, 2.45) is 0 Å². The van der Waals surface area contributed by atoms with Gasteiger partial charge >= 0.3 is 0 Å². The highest BCUT2D eigenvalue weighted by Crippen LogP contribution is 2.21. The molecule has 2 aromatic rings. The molecule has 1 atom stereocenters. The smallest absolute Gasteiger partial charge is 0.264 e. The van der Waals surface area contributed by atoms with Crippen molar-refractivity contribution in [2.45, 2.75) is 12.6 Å². The molecule has 1 aliphatic rings. The fraction of sp³-hybridized carbons (Fsp3) is 0.467. The highest BCUT2D eigenvalue weighted by atomic mass is 35.5. The molecule has 1 aliphatic heterocycles. The van der Waals surface area contributed by atoms with Gasteiger partial charge in [0.2, 0.25) is 0 Å². The van der Waals surface area contributed by atoms with Gasteiger partial charge in [-0.3, -0.25) is 4.90 Å². The van der Waals surface area contributed by atoms with Gasteiger partial charge in [-0.1, -0.05) is 11.2 Å². The van der Waals surface area contributed by atoms with E-state index in [4.69, 9.17) is 14.0 Å². The van der Waals surface area contributed by atoms with E-state index >= 15 is 0 Å². The number of methoxy groups -OCH3 is 1. The molecule has 0 spiro atoms. The molecule has 1 fully saturated rings. The minimum atomic E-state index is 0. The molecule has 1 unspecified atom stereocenters. The fourth-order valence-corrected chi connectivity index (χ4v) is 2.39. The van der Waals surface area contributed by atoms with Crippen LogP contribution in [0.25, 0.3) is 0 Å². The Kier molecular flexibility index (Phi) is 6.20. The fourth-order valence-electron chi connectivity index (χ4n) is 2.39. The van der Waals surface area contributed by atoms with Gasteiger partial charge in [0.25, 0.3) is 5.89 Å². The average molecular weight is 341 g/mol. The zero-order valence-corrected chi connectivity index (χ0v) is 14.0. The molecule has 3 rings (SSSR count). The van der Waals surface area contributed by atoms with Gasteiger partial charge in [0, 0.05) is 25.7 Å². The van der Waals surface area contributed by atoms with E-state index in [2.05, 4.69) is 27.4 Å². The third-order valence-electron chi connectivity index (χ3n) is 3.70.